The molecule has 19 heavy (non-hydrogen) atoms. The molecule has 5 heteroatoms. The van der Waals surface area contributed by atoms with Crippen LogP contribution >= 0.6 is 11.6 Å². The van der Waals surface area contributed by atoms with Gasteiger partial charge in [0.2, 0.25) is 0 Å². The minimum atomic E-state index is 0.389. The molecule has 4 nitrogen and oxygen atoms in total. The molecule has 0 atom stereocenters. The Morgan fingerprint density at radius 2 is 2.11 bits per heavy atom. The van der Waals surface area contributed by atoms with Crippen LogP contribution in [0, 0.1) is 0 Å². The maximum atomic E-state index is 5.84. The Morgan fingerprint density at radius 3 is 2.84 bits per heavy atom. The van der Waals surface area contributed by atoms with Crippen molar-refractivity contribution in [3.05, 3.63) is 47.1 Å². The lowest BCUT2D eigenvalue weighted by Gasteiger charge is -2.10. The van der Waals surface area contributed by atoms with E-state index in [0.29, 0.717) is 16.7 Å². The Bertz CT molecular complexity index is 540. The van der Waals surface area contributed by atoms with Crippen molar-refractivity contribution in [2.24, 2.45) is 0 Å². The number of nitrogens with two attached hydrogens (primary N) is 1. The van der Waals surface area contributed by atoms with Gasteiger partial charge < -0.3 is 15.8 Å². The number of halogens is 1. The molecule has 0 amide bonds. The van der Waals surface area contributed by atoms with Crippen molar-refractivity contribution < 1.29 is 4.74 Å². The van der Waals surface area contributed by atoms with Crippen molar-refractivity contribution >= 4 is 23.1 Å². The number of nitrogens with zero attached hydrogens (tertiary/aromatic N) is 1. The molecule has 0 bridgehead atoms. The van der Waals surface area contributed by atoms with Gasteiger partial charge >= 0.3 is 0 Å². The van der Waals surface area contributed by atoms with Crippen LogP contribution in [0.5, 0.6) is 5.75 Å². The van der Waals surface area contributed by atoms with Gasteiger partial charge in [-0.1, -0.05) is 29.8 Å². The zero-order valence-electron chi connectivity index (χ0n) is 10.7. The number of aromatic nitrogens is 1. The van der Waals surface area contributed by atoms with Crippen LogP contribution in [-0.2, 0) is 6.42 Å². The van der Waals surface area contributed by atoms with Crippen LogP contribution in [0.25, 0.3) is 0 Å². The highest BCUT2D eigenvalue weighted by Gasteiger charge is 2.02. The van der Waals surface area contributed by atoms with Crippen LogP contribution in [0.4, 0.5) is 11.5 Å². The Kier molecular flexibility index (Phi) is 4.47. The maximum absolute atomic E-state index is 5.84. The number of benzene rings is 1. The molecule has 0 fully saturated rings. The molecule has 0 radical (unpaired) electrons. The van der Waals surface area contributed by atoms with Crippen LogP contribution in [-0.4, -0.2) is 18.6 Å². The standard InChI is InChI=1S/C14H16ClN3O/c1-19-12-5-3-2-4-10(12)6-7-17-14-9-11(16)8-13(15)18-14/h2-5,8-9H,6-7H2,1H3,(H3,16,17,18). The molecule has 0 unspecified atom stereocenters. The van der Waals surface area contributed by atoms with Crippen LogP contribution < -0.4 is 15.8 Å². The van der Waals surface area contributed by atoms with Crippen LogP contribution in [0.1, 0.15) is 5.56 Å². The molecule has 1 aromatic carbocycles. The van der Waals surface area contributed by atoms with Crippen molar-refractivity contribution in [2.45, 2.75) is 6.42 Å². The number of nitrogens with one attached hydrogen (secondary N) is 1. The molecular weight excluding hydrogens is 262 g/mol. The molecule has 100 valence electrons. The quantitative estimate of drug-likeness (QED) is 0.825. The Hall–Kier alpha value is -1.94. The Labute approximate surface area is 117 Å². The van der Waals surface area contributed by atoms with Crippen molar-refractivity contribution in [3.8, 4) is 5.75 Å². The van der Waals surface area contributed by atoms with E-state index in [1.807, 2.05) is 24.3 Å². The summed E-state index contributed by atoms with van der Waals surface area (Å²) in [5, 5.41) is 3.58. The monoisotopic (exact) mass is 277 g/mol. The lowest BCUT2D eigenvalue weighted by Crippen LogP contribution is -2.07. The van der Waals surface area contributed by atoms with Crippen molar-refractivity contribution in [1.29, 1.82) is 0 Å². The fourth-order valence-electron chi connectivity index (χ4n) is 1.84. The number of rotatable bonds is 5. The number of pyridine rings is 1. The number of hydrogen-bond donors (Lipinski definition) is 2. The number of hydrogen-bond acceptors (Lipinski definition) is 4. The third kappa shape index (κ3) is 3.76. The predicted octanol–water partition coefficient (Wildman–Crippen LogP) is 2.98. The summed E-state index contributed by atoms with van der Waals surface area (Å²) in [4.78, 5) is 4.15. The molecule has 0 aliphatic rings. The number of anilines is 2. The summed E-state index contributed by atoms with van der Waals surface area (Å²) in [6.45, 7) is 0.729. The third-order valence-corrected chi connectivity index (χ3v) is 2.90. The summed E-state index contributed by atoms with van der Waals surface area (Å²) in [5.41, 5.74) is 7.45. The van der Waals surface area contributed by atoms with Gasteiger partial charge in [-0.2, -0.15) is 0 Å². The minimum absolute atomic E-state index is 0.389. The van der Waals surface area contributed by atoms with Gasteiger partial charge in [-0.15, -0.1) is 0 Å². The Morgan fingerprint density at radius 1 is 1.32 bits per heavy atom. The molecule has 0 spiro atoms. The van der Waals surface area contributed by atoms with E-state index < -0.39 is 0 Å². The number of ether oxygens (including phenoxy) is 1. The molecule has 0 aliphatic carbocycles. The summed E-state index contributed by atoms with van der Waals surface area (Å²) >= 11 is 5.84. The van der Waals surface area contributed by atoms with E-state index in [1.54, 1.807) is 19.2 Å². The summed E-state index contributed by atoms with van der Waals surface area (Å²) < 4.78 is 5.30. The van der Waals surface area contributed by atoms with Gasteiger partial charge in [0.25, 0.3) is 0 Å². The summed E-state index contributed by atoms with van der Waals surface area (Å²) in [5.74, 6) is 1.57. The number of methoxy groups -OCH3 is 1. The lowest BCUT2D eigenvalue weighted by molar-refractivity contribution is 0.410. The van der Waals surface area contributed by atoms with E-state index in [0.717, 1.165) is 24.3 Å². The molecule has 0 saturated carbocycles. The van der Waals surface area contributed by atoms with Crippen LogP contribution in [0.2, 0.25) is 5.15 Å². The highest BCUT2D eigenvalue weighted by molar-refractivity contribution is 6.29. The second-order valence-corrected chi connectivity index (χ2v) is 4.48. The van der Waals surface area contributed by atoms with Crippen molar-refractivity contribution in [3.63, 3.8) is 0 Å². The van der Waals surface area contributed by atoms with Gasteiger partial charge in [0, 0.05) is 18.3 Å². The topological polar surface area (TPSA) is 60.2 Å². The molecule has 0 saturated heterocycles. The van der Waals surface area contributed by atoms with E-state index >= 15 is 0 Å². The van der Waals surface area contributed by atoms with E-state index in [4.69, 9.17) is 22.1 Å². The zero-order chi connectivity index (χ0) is 13.7. The lowest BCUT2D eigenvalue weighted by atomic mass is 10.1. The van der Waals surface area contributed by atoms with E-state index in [9.17, 15) is 0 Å². The average Bonchev–Trinajstić information content (AvgIpc) is 2.38. The summed E-state index contributed by atoms with van der Waals surface area (Å²) in [7, 11) is 1.67. The van der Waals surface area contributed by atoms with Crippen LogP contribution in [0.15, 0.2) is 36.4 Å². The zero-order valence-corrected chi connectivity index (χ0v) is 11.4. The smallest absolute Gasteiger partial charge is 0.133 e. The molecule has 3 N–H and O–H groups in total. The predicted molar refractivity (Wildman–Crippen MR) is 78.8 cm³/mol. The van der Waals surface area contributed by atoms with Crippen molar-refractivity contribution in [1.82, 2.24) is 4.98 Å². The van der Waals surface area contributed by atoms with E-state index in [1.165, 1.54) is 0 Å². The molecule has 2 rings (SSSR count). The fraction of sp³-hybridized carbons (Fsp3) is 0.214. The average molecular weight is 278 g/mol. The van der Waals surface area contributed by atoms with Gasteiger partial charge in [-0.05, 0) is 24.1 Å². The van der Waals surface area contributed by atoms with Gasteiger partial charge in [0.15, 0.2) is 0 Å². The normalized spacial score (nSPS) is 10.2. The van der Waals surface area contributed by atoms with Gasteiger partial charge in [-0.3, -0.25) is 0 Å². The van der Waals surface area contributed by atoms with Crippen LogP contribution in [0.3, 0.4) is 0 Å². The molecule has 1 heterocycles. The minimum Gasteiger partial charge on any atom is -0.496 e. The third-order valence-electron chi connectivity index (χ3n) is 2.71. The van der Waals surface area contributed by atoms with Gasteiger partial charge in [0.1, 0.15) is 16.7 Å². The first-order chi connectivity index (χ1) is 9.19. The second-order valence-electron chi connectivity index (χ2n) is 4.10. The van der Waals surface area contributed by atoms with Crippen molar-refractivity contribution in [2.75, 3.05) is 24.7 Å². The summed E-state index contributed by atoms with van der Waals surface area (Å²) in [6.07, 6.45) is 0.831. The highest BCUT2D eigenvalue weighted by Crippen LogP contribution is 2.19. The van der Waals surface area contributed by atoms with Gasteiger partial charge in [0.05, 0.1) is 7.11 Å². The molecule has 1 aromatic heterocycles. The van der Waals surface area contributed by atoms with E-state index in [-0.39, 0.29) is 0 Å². The molecule has 2 aromatic rings. The van der Waals surface area contributed by atoms with Gasteiger partial charge in [-0.25, -0.2) is 4.98 Å². The summed E-state index contributed by atoms with van der Waals surface area (Å²) in [6, 6.07) is 11.3. The maximum Gasteiger partial charge on any atom is 0.133 e. The molecular formula is C14H16ClN3O. The molecule has 0 aliphatic heterocycles. The fourth-order valence-corrected chi connectivity index (χ4v) is 2.06. The van der Waals surface area contributed by atoms with E-state index in [2.05, 4.69) is 10.3 Å². The first kappa shape index (κ1) is 13.5. The SMILES string of the molecule is COc1ccccc1CCNc1cc(N)cc(Cl)n1. The second kappa shape index (κ2) is 6.29. The first-order valence-electron chi connectivity index (χ1n) is 5.98. The number of nitrogen functional groups attached to an aromatic ring is 1. The highest BCUT2D eigenvalue weighted by atomic mass is 35.5. The number of para-hydroxylation sites is 1. The Balaban J connectivity index is 1.96. The first-order valence-corrected chi connectivity index (χ1v) is 6.35. The largest absolute Gasteiger partial charge is 0.496 e.